The van der Waals surface area contributed by atoms with Crippen molar-refractivity contribution >= 4 is 0 Å². The van der Waals surface area contributed by atoms with Gasteiger partial charge >= 0.3 is 0 Å². The van der Waals surface area contributed by atoms with Crippen LogP contribution >= 0.6 is 0 Å². The quantitative estimate of drug-likeness (QED) is 0.347. The lowest BCUT2D eigenvalue weighted by Crippen LogP contribution is -2.23. The fraction of sp³-hybridized carbons (Fsp3) is 0.647. The average Bonchev–Trinajstić information content (AvgIpc) is 2.78. The molecule has 0 amide bonds. The van der Waals surface area contributed by atoms with Crippen molar-refractivity contribution in [3.8, 4) is 11.1 Å². The highest BCUT2D eigenvalue weighted by molar-refractivity contribution is 5.76. The van der Waals surface area contributed by atoms with Gasteiger partial charge in [-0.25, -0.2) is 0 Å². The third-order valence-electron chi connectivity index (χ3n) is 9.66. The first-order valence-electron chi connectivity index (χ1n) is 13.8. The van der Waals surface area contributed by atoms with Crippen LogP contribution in [0.4, 0.5) is 0 Å². The van der Waals surface area contributed by atoms with Crippen LogP contribution in [-0.4, -0.2) is 0 Å². The zero-order valence-electron chi connectivity index (χ0n) is 25.1. The molecule has 0 unspecified atom stereocenters. The molecule has 0 N–H and O–H groups in total. The van der Waals surface area contributed by atoms with E-state index in [1.807, 2.05) is 0 Å². The minimum Gasteiger partial charge on any atom is -0.0646 e. The van der Waals surface area contributed by atoms with Gasteiger partial charge in [0, 0.05) is 0 Å². The molecule has 0 radical (unpaired) electrons. The van der Waals surface area contributed by atoms with E-state index in [2.05, 4.69) is 121 Å². The standard InChI is InChI=1S/C34H54/c1-15-31(7,8)25-19-27(23(5)29(21-25)33(11,12)17-3)28-20-26(32(9,10)16-2)22-30(24(28)6)34(13,14)18-4/h19-22H,15-18H2,1-14H3. The molecule has 0 aromatic heterocycles. The maximum atomic E-state index is 2.53. The van der Waals surface area contributed by atoms with E-state index < -0.39 is 0 Å². The summed E-state index contributed by atoms with van der Waals surface area (Å²) in [5, 5.41) is 0. The summed E-state index contributed by atoms with van der Waals surface area (Å²) in [6.45, 7) is 33.3. The Hall–Kier alpha value is -1.56. The minimum atomic E-state index is 0.151. The van der Waals surface area contributed by atoms with E-state index in [0.29, 0.717) is 0 Å². The Bertz CT molecular complexity index is 927. The fourth-order valence-electron chi connectivity index (χ4n) is 4.96. The maximum Gasteiger partial charge on any atom is -0.0103 e. The molecule has 0 aliphatic carbocycles. The van der Waals surface area contributed by atoms with Gasteiger partial charge in [-0.3, -0.25) is 0 Å². The Morgan fingerprint density at radius 1 is 0.441 bits per heavy atom. The molecule has 0 fully saturated rings. The SMILES string of the molecule is CCC(C)(C)c1cc(-c2cc(C(C)(C)CC)cc(C(C)(C)CC)c2C)c(C)c(C(C)(C)CC)c1. The highest BCUT2D eigenvalue weighted by Crippen LogP contribution is 2.44. The Morgan fingerprint density at radius 2 is 0.706 bits per heavy atom. The number of rotatable bonds is 9. The van der Waals surface area contributed by atoms with Crippen LogP contribution in [-0.2, 0) is 21.7 Å². The Kier molecular flexibility index (Phi) is 8.29. The van der Waals surface area contributed by atoms with Gasteiger partial charge in [-0.15, -0.1) is 0 Å². The summed E-state index contributed by atoms with van der Waals surface area (Å²) in [5.74, 6) is 0. The van der Waals surface area contributed by atoms with E-state index in [9.17, 15) is 0 Å². The third-order valence-corrected chi connectivity index (χ3v) is 9.66. The molecule has 2 aromatic rings. The van der Waals surface area contributed by atoms with Gasteiger partial charge in [0.05, 0.1) is 0 Å². The molecule has 0 saturated carbocycles. The first kappa shape index (κ1) is 28.7. The molecule has 0 heterocycles. The predicted molar refractivity (Wildman–Crippen MR) is 155 cm³/mol. The Balaban J connectivity index is 3.08. The summed E-state index contributed by atoms with van der Waals surface area (Å²) in [5.41, 5.74) is 12.4. The van der Waals surface area contributed by atoms with Crippen molar-refractivity contribution in [2.24, 2.45) is 0 Å². The predicted octanol–water partition coefficient (Wildman–Crippen LogP) is 10.7. The van der Waals surface area contributed by atoms with Crippen LogP contribution in [0.1, 0.15) is 142 Å². The topological polar surface area (TPSA) is 0 Å². The van der Waals surface area contributed by atoms with Crippen molar-refractivity contribution in [2.75, 3.05) is 0 Å². The average molecular weight is 463 g/mol. The third kappa shape index (κ3) is 5.32. The summed E-state index contributed by atoms with van der Waals surface area (Å²) in [4.78, 5) is 0. The lowest BCUT2D eigenvalue weighted by atomic mass is 9.70. The number of hydrogen-bond donors (Lipinski definition) is 0. The molecule has 0 aliphatic rings. The van der Waals surface area contributed by atoms with Crippen LogP contribution < -0.4 is 0 Å². The summed E-state index contributed by atoms with van der Waals surface area (Å²) < 4.78 is 0. The van der Waals surface area contributed by atoms with E-state index in [4.69, 9.17) is 0 Å². The van der Waals surface area contributed by atoms with Crippen molar-refractivity contribution in [2.45, 2.75) is 144 Å². The zero-order valence-corrected chi connectivity index (χ0v) is 25.1. The normalized spacial score (nSPS) is 13.5. The van der Waals surface area contributed by atoms with Crippen molar-refractivity contribution in [3.05, 3.63) is 57.6 Å². The van der Waals surface area contributed by atoms with Crippen LogP contribution in [0.2, 0.25) is 0 Å². The van der Waals surface area contributed by atoms with Crippen molar-refractivity contribution in [1.29, 1.82) is 0 Å². The largest absolute Gasteiger partial charge is 0.0646 e. The Morgan fingerprint density at radius 3 is 0.941 bits per heavy atom. The molecule has 0 bridgehead atoms. The van der Waals surface area contributed by atoms with Gasteiger partial charge in [0.25, 0.3) is 0 Å². The smallest absolute Gasteiger partial charge is 0.0103 e. The molecule has 2 rings (SSSR count). The second-order valence-corrected chi connectivity index (χ2v) is 13.3. The molecular weight excluding hydrogens is 408 g/mol. The van der Waals surface area contributed by atoms with Gasteiger partial charge in [-0.1, -0.05) is 107 Å². The lowest BCUT2D eigenvalue weighted by molar-refractivity contribution is 0.485. The lowest BCUT2D eigenvalue weighted by Gasteiger charge is -2.34. The second-order valence-electron chi connectivity index (χ2n) is 13.3. The van der Waals surface area contributed by atoms with Crippen molar-refractivity contribution in [3.63, 3.8) is 0 Å². The molecule has 0 saturated heterocycles. The van der Waals surface area contributed by atoms with Crippen LogP contribution in [0.5, 0.6) is 0 Å². The van der Waals surface area contributed by atoms with E-state index in [0.717, 1.165) is 25.7 Å². The first-order valence-corrected chi connectivity index (χ1v) is 13.8. The minimum absolute atomic E-state index is 0.151. The number of benzene rings is 2. The summed E-state index contributed by atoms with van der Waals surface area (Å²) >= 11 is 0. The van der Waals surface area contributed by atoms with Gasteiger partial charge in [-0.2, -0.15) is 0 Å². The zero-order chi connectivity index (χ0) is 26.3. The van der Waals surface area contributed by atoms with E-state index >= 15 is 0 Å². The molecule has 0 aliphatic heterocycles. The molecule has 0 atom stereocenters. The van der Waals surface area contributed by atoms with Gasteiger partial charge in [0.2, 0.25) is 0 Å². The molecule has 34 heavy (non-hydrogen) atoms. The molecule has 190 valence electrons. The van der Waals surface area contributed by atoms with Gasteiger partial charge < -0.3 is 0 Å². The van der Waals surface area contributed by atoms with Gasteiger partial charge in [0.1, 0.15) is 0 Å². The van der Waals surface area contributed by atoms with E-state index in [1.165, 1.54) is 44.5 Å². The fourth-order valence-corrected chi connectivity index (χ4v) is 4.96. The highest BCUT2D eigenvalue weighted by Gasteiger charge is 2.30. The van der Waals surface area contributed by atoms with Gasteiger partial charge in [0.15, 0.2) is 0 Å². The van der Waals surface area contributed by atoms with Crippen LogP contribution in [0.25, 0.3) is 11.1 Å². The summed E-state index contributed by atoms with van der Waals surface area (Å²) in [6.07, 6.45) is 4.55. The molecule has 2 aromatic carbocycles. The van der Waals surface area contributed by atoms with Crippen LogP contribution in [0.3, 0.4) is 0 Å². The number of hydrogen-bond acceptors (Lipinski definition) is 0. The molecule has 0 spiro atoms. The Labute approximate surface area is 213 Å². The van der Waals surface area contributed by atoms with E-state index in [-0.39, 0.29) is 21.7 Å². The molecular formula is C34H54. The first-order chi connectivity index (χ1) is 15.5. The molecule has 0 heteroatoms. The van der Waals surface area contributed by atoms with Crippen molar-refractivity contribution in [1.82, 2.24) is 0 Å². The van der Waals surface area contributed by atoms with E-state index in [1.54, 1.807) is 0 Å². The van der Waals surface area contributed by atoms with Gasteiger partial charge in [-0.05, 0) is 106 Å². The highest BCUT2D eigenvalue weighted by atomic mass is 14.3. The van der Waals surface area contributed by atoms with Crippen LogP contribution in [0, 0.1) is 13.8 Å². The summed E-state index contributed by atoms with van der Waals surface area (Å²) in [7, 11) is 0. The van der Waals surface area contributed by atoms with Crippen molar-refractivity contribution < 1.29 is 0 Å². The monoisotopic (exact) mass is 462 g/mol. The maximum absolute atomic E-state index is 2.53. The molecule has 0 nitrogen and oxygen atoms in total. The summed E-state index contributed by atoms with van der Waals surface area (Å²) in [6, 6.07) is 10.1. The van der Waals surface area contributed by atoms with Crippen LogP contribution in [0.15, 0.2) is 24.3 Å². The second kappa shape index (κ2) is 9.83.